The molecule has 5 heterocycles. The van der Waals surface area contributed by atoms with Crippen molar-refractivity contribution in [3.05, 3.63) is 179 Å². The number of benzene rings is 6. The number of esters is 2. The summed E-state index contributed by atoms with van der Waals surface area (Å²) in [7, 11) is 1.21. The van der Waals surface area contributed by atoms with Crippen molar-refractivity contribution in [1.82, 2.24) is 30.2 Å². The lowest BCUT2D eigenvalue weighted by Crippen LogP contribution is -2.57. The number of hydrogen-bond donors (Lipinski definition) is 3. The zero-order valence-corrected chi connectivity index (χ0v) is 40.4. The third-order valence-electron chi connectivity index (χ3n) is 14.0. The minimum Gasteiger partial charge on any atom is -0.508 e. The number of nitrogens with zero attached hydrogens (tertiary/aromatic N) is 6. The van der Waals surface area contributed by atoms with Gasteiger partial charge in [0.15, 0.2) is 5.13 Å². The molecule has 3 aliphatic rings. The number of urea groups is 1. The van der Waals surface area contributed by atoms with Crippen LogP contribution in [0.25, 0.3) is 21.3 Å². The molecule has 2 aromatic heterocycles. The Balaban J connectivity index is 1.18. The molecule has 73 heavy (non-hydrogen) atoms. The van der Waals surface area contributed by atoms with Crippen molar-refractivity contribution in [3.8, 4) is 17.6 Å². The SMILES string of the molecule is COC(=O)C(NC(=O)N1C(=O)C2(c3cc(C#CCn4nnc5ccccc54)ccc31)C(C(=O)Nc1nc3ccccc3s1)C1C(=O)OC(c3ccccc3)C(c3ccccc3)N1C2c1ccc(O)cc1)C(C)C. The van der Waals surface area contributed by atoms with Gasteiger partial charge in [0.05, 0.1) is 46.5 Å². The molecule has 364 valence electrons. The van der Waals surface area contributed by atoms with Crippen molar-refractivity contribution < 1.29 is 38.6 Å². The number of hydrogen-bond acceptors (Lipinski definition) is 13. The number of carbonyl (C=O) groups excluding carboxylic acids is 5. The molecular formula is C56H46N8O8S. The van der Waals surface area contributed by atoms with Crippen molar-refractivity contribution in [2.45, 2.75) is 56.1 Å². The fraction of sp³-hybridized carbons (Fsp3) is 0.214. The number of anilines is 2. The maximum Gasteiger partial charge on any atom is 0.329 e. The maximum atomic E-state index is 16.7. The number of methoxy groups -OCH3 is 1. The van der Waals surface area contributed by atoms with Crippen LogP contribution in [0.1, 0.15) is 59.9 Å². The molecule has 0 saturated carbocycles. The van der Waals surface area contributed by atoms with Crippen LogP contribution >= 0.6 is 11.3 Å². The van der Waals surface area contributed by atoms with Crippen molar-refractivity contribution in [2.75, 3.05) is 17.3 Å². The number of imide groups is 1. The van der Waals surface area contributed by atoms with Crippen molar-refractivity contribution >= 4 is 73.2 Å². The van der Waals surface area contributed by atoms with Gasteiger partial charge >= 0.3 is 18.0 Å². The number of ether oxygens (including phenoxy) is 2. The molecule has 3 aliphatic heterocycles. The van der Waals surface area contributed by atoms with E-state index in [9.17, 15) is 9.90 Å². The number of aromatic nitrogens is 4. The van der Waals surface area contributed by atoms with Gasteiger partial charge in [0.25, 0.3) is 0 Å². The van der Waals surface area contributed by atoms with E-state index in [0.717, 1.165) is 15.1 Å². The van der Waals surface area contributed by atoms with Crippen molar-refractivity contribution in [2.24, 2.45) is 11.8 Å². The van der Waals surface area contributed by atoms with Crippen LogP contribution in [0, 0.1) is 23.7 Å². The molecule has 4 amide bonds. The van der Waals surface area contributed by atoms with Gasteiger partial charge in [0.1, 0.15) is 41.4 Å². The van der Waals surface area contributed by atoms with Gasteiger partial charge in [0, 0.05) is 5.56 Å². The van der Waals surface area contributed by atoms with Crippen LogP contribution in [0.5, 0.6) is 5.75 Å². The van der Waals surface area contributed by atoms with Gasteiger partial charge in [0.2, 0.25) is 11.8 Å². The molecular weight excluding hydrogens is 945 g/mol. The Labute approximate surface area is 422 Å². The second-order valence-electron chi connectivity index (χ2n) is 18.4. The van der Waals surface area contributed by atoms with Crippen LogP contribution in [0.3, 0.4) is 0 Å². The predicted octanol–water partition coefficient (Wildman–Crippen LogP) is 8.01. The first-order chi connectivity index (χ1) is 35.5. The number of aromatic hydroxyl groups is 1. The van der Waals surface area contributed by atoms with E-state index in [1.54, 1.807) is 48.9 Å². The Morgan fingerprint density at radius 3 is 2.22 bits per heavy atom. The van der Waals surface area contributed by atoms with E-state index >= 15 is 19.2 Å². The third-order valence-corrected chi connectivity index (χ3v) is 14.9. The molecule has 8 aromatic rings. The van der Waals surface area contributed by atoms with Gasteiger partial charge < -0.3 is 25.2 Å². The second kappa shape index (κ2) is 18.8. The van der Waals surface area contributed by atoms with Crippen LogP contribution in [0.15, 0.2) is 152 Å². The first-order valence-corrected chi connectivity index (χ1v) is 24.5. The van der Waals surface area contributed by atoms with Crippen molar-refractivity contribution in [1.29, 1.82) is 0 Å². The summed E-state index contributed by atoms with van der Waals surface area (Å²) in [6.07, 6.45) is -0.970. The molecule has 0 bridgehead atoms. The smallest absolute Gasteiger partial charge is 0.329 e. The van der Waals surface area contributed by atoms with E-state index in [-0.39, 0.29) is 28.7 Å². The van der Waals surface area contributed by atoms with Crippen LogP contribution < -0.4 is 15.5 Å². The molecule has 3 N–H and O–H groups in total. The van der Waals surface area contributed by atoms with Crippen LogP contribution in [-0.4, -0.2) is 79.0 Å². The van der Waals surface area contributed by atoms with Crippen LogP contribution in [-0.2, 0) is 40.6 Å². The number of carbonyl (C=O) groups is 5. The lowest BCUT2D eigenvalue weighted by Gasteiger charge is -2.46. The number of phenolic OH excluding ortho intramolecular Hbond substituents is 1. The van der Waals surface area contributed by atoms with Crippen molar-refractivity contribution in [3.63, 3.8) is 0 Å². The van der Waals surface area contributed by atoms with Crippen LogP contribution in [0.4, 0.5) is 15.6 Å². The predicted molar refractivity (Wildman–Crippen MR) is 272 cm³/mol. The number of nitrogens with one attached hydrogen (secondary N) is 2. The molecule has 7 atom stereocenters. The Morgan fingerprint density at radius 2 is 1.51 bits per heavy atom. The zero-order chi connectivity index (χ0) is 50.5. The summed E-state index contributed by atoms with van der Waals surface area (Å²) in [5, 5.41) is 25.4. The Bertz CT molecular complexity index is 3500. The maximum absolute atomic E-state index is 16.7. The van der Waals surface area contributed by atoms with E-state index in [0.29, 0.717) is 33.3 Å². The summed E-state index contributed by atoms with van der Waals surface area (Å²) in [4.78, 5) is 84.2. The molecule has 17 heteroatoms. The molecule has 6 aromatic carbocycles. The van der Waals surface area contributed by atoms with E-state index in [1.807, 2.05) is 114 Å². The minimum absolute atomic E-state index is 0.0725. The second-order valence-corrected chi connectivity index (χ2v) is 19.5. The standard InChI is InChI=1S/C56H46N8O8S/c1-32(2)45(51(67)71-3)58-55(70)63-41-29-24-33(15-14-30-62-42-22-12-10-20-39(42)60-61-62)31-38(41)56(53(63)69)44(50(66)59-54-57-40-21-11-13-23-43(40)73-54)47-52(68)72-48(35-18-8-5-9-19-35)46(34-16-6-4-7-17-34)64(47)49(56)36-25-27-37(65)28-26-36/h4-13,16-29,31-32,44-49,65H,30H2,1-3H3,(H,58,70)(H,57,59,66). The Hall–Kier alpha value is -8.72. The fourth-order valence-corrected chi connectivity index (χ4v) is 11.7. The Morgan fingerprint density at radius 1 is 0.822 bits per heavy atom. The Kier molecular flexibility index (Phi) is 12.0. The molecule has 2 saturated heterocycles. The van der Waals surface area contributed by atoms with Gasteiger partial charge in [-0.25, -0.2) is 24.2 Å². The van der Waals surface area contributed by atoms with Gasteiger partial charge in [-0.2, -0.15) is 0 Å². The highest BCUT2D eigenvalue weighted by Crippen LogP contribution is 2.66. The van der Waals surface area contributed by atoms with Crippen LogP contribution in [0.2, 0.25) is 0 Å². The van der Waals surface area contributed by atoms with Gasteiger partial charge in [-0.1, -0.05) is 139 Å². The monoisotopic (exact) mass is 990 g/mol. The van der Waals surface area contributed by atoms with E-state index in [2.05, 4.69) is 32.8 Å². The number of fused-ring (bicyclic) bond motifs is 5. The molecule has 11 rings (SSSR count). The summed E-state index contributed by atoms with van der Waals surface area (Å²) in [6, 6.07) is 39.0. The number of thiazole rings is 1. The summed E-state index contributed by atoms with van der Waals surface area (Å²) in [5.41, 5.74) is 2.44. The van der Waals surface area contributed by atoms with E-state index < -0.39 is 77.3 Å². The molecule has 0 aliphatic carbocycles. The van der Waals surface area contributed by atoms with Gasteiger partial charge in [-0.15, -0.1) is 5.10 Å². The lowest BCUT2D eigenvalue weighted by atomic mass is 9.65. The summed E-state index contributed by atoms with van der Waals surface area (Å²) in [5.74, 6) is 1.09. The average molecular weight is 991 g/mol. The molecule has 2 fully saturated rings. The third kappa shape index (κ3) is 7.91. The summed E-state index contributed by atoms with van der Waals surface area (Å²) >= 11 is 1.22. The lowest BCUT2D eigenvalue weighted by molar-refractivity contribution is -0.177. The highest BCUT2D eigenvalue weighted by Gasteiger charge is 2.75. The zero-order valence-electron chi connectivity index (χ0n) is 39.6. The number of cyclic esters (lactones) is 1. The summed E-state index contributed by atoms with van der Waals surface area (Å²) in [6.45, 7) is 3.60. The highest BCUT2D eigenvalue weighted by atomic mass is 32.1. The molecule has 7 unspecified atom stereocenters. The fourth-order valence-electron chi connectivity index (χ4n) is 10.8. The first-order valence-electron chi connectivity index (χ1n) is 23.7. The molecule has 1 spiro atoms. The molecule has 0 radical (unpaired) electrons. The topological polar surface area (TPSA) is 198 Å². The largest absolute Gasteiger partial charge is 0.508 e. The first kappa shape index (κ1) is 46.7. The number of rotatable bonds is 9. The quantitative estimate of drug-likeness (QED) is 0.0932. The average Bonchev–Trinajstić information content (AvgIpc) is 4.16. The number of para-hydroxylation sites is 2. The number of amides is 4. The van der Waals surface area contributed by atoms with Gasteiger partial charge in [-0.05, 0) is 82.8 Å². The number of morpholine rings is 1. The van der Waals surface area contributed by atoms with E-state index in [1.165, 1.54) is 30.6 Å². The normalized spacial score (nSPS) is 21.6. The summed E-state index contributed by atoms with van der Waals surface area (Å²) < 4.78 is 14.1. The van der Waals surface area contributed by atoms with E-state index in [4.69, 9.17) is 14.5 Å². The molecule has 16 nitrogen and oxygen atoms in total. The van der Waals surface area contributed by atoms with Gasteiger partial charge in [-0.3, -0.25) is 19.3 Å². The highest BCUT2D eigenvalue weighted by molar-refractivity contribution is 7.22. The minimum atomic E-state index is -2.16. The number of phenols is 1.